The molecule has 0 bridgehead atoms. The van der Waals surface area contributed by atoms with Crippen molar-refractivity contribution < 1.29 is 14.7 Å². The smallest absolute Gasteiger partial charge is 0.335 e. The maximum absolute atomic E-state index is 12.9. The van der Waals surface area contributed by atoms with Crippen LogP contribution in [0, 0.1) is 0 Å². The standard InChI is InChI=1S/C27H25ClN6O3/c28-22-10-14-25(34-18-30-32-33-34)21(16-22)9-15-26(35)31-24(11-6-19-4-2-1-3-5-19)17-29-23-12-7-20(8-13-23)27(36)37/h1-5,7-10,12-16,18,24,29H,6,11,17H2,(H,31,35)(H,36,37)/b15-9+/t24-/m0/s1. The Bertz CT molecular complexity index is 1360. The highest BCUT2D eigenvalue weighted by Crippen LogP contribution is 2.20. The molecule has 37 heavy (non-hydrogen) atoms. The van der Waals surface area contributed by atoms with Gasteiger partial charge in [0.2, 0.25) is 5.91 Å². The summed E-state index contributed by atoms with van der Waals surface area (Å²) in [6, 6.07) is 21.6. The molecular formula is C27H25ClN6O3. The molecule has 0 saturated heterocycles. The van der Waals surface area contributed by atoms with Gasteiger partial charge in [0, 0.05) is 34.9 Å². The van der Waals surface area contributed by atoms with Crippen LogP contribution in [0.5, 0.6) is 0 Å². The van der Waals surface area contributed by atoms with E-state index >= 15 is 0 Å². The zero-order chi connectivity index (χ0) is 26.0. The number of nitrogens with zero attached hydrogens (tertiary/aromatic N) is 4. The summed E-state index contributed by atoms with van der Waals surface area (Å²) in [6.45, 7) is 0.464. The summed E-state index contributed by atoms with van der Waals surface area (Å²) in [5.41, 5.74) is 3.53. The number of carboxylic acids is 1. The fraction of sp³-hybridized carbons (Fsp3) is 0.148. The number of hydrogen-bond acceptors (Lipinski definition) is 6. The first kappa shape index (κ1) is 25.6. The van der Waals surface area contributed by atoms with Crippen LogP contribution >= 0.6 is 11.6 Å². The van der Waals surface area contributed by atoms with Crippen molar-refractivity contribution in [2.45, 2.75) is 18.9 Å². The number of benzene rings is 3. The number of amides is 1. The molecule has 4 rings (SSSR count). The summed E-state index contributed by atoms with van der Waals surface area (Å²) in [4.78, 5) is 24.0. The van der Waals surface area contributed by atoms with E-state index in [2.05, 4.69) is 38.3 Å². The lowest BCUT2D eigenvalue weighted by molar-refractivity contribution is -0.117. The lowest BCUT2D eigenvalue weighted by Crippen LogP contribution is -2.39. The number of tetrazole rings is 1. The van der Waals surface area contributed by atoms with Crippen molar-refractivity contribution in [2.24, 2.45) is 0 Å². The van der Waals surface area contributed by atoms with E-state index in [4.69, 9.17) is 16.7 Å². The monoisotopic (exact) mass is 516 g/mol. The Hall–Kier alpha value is -4.50. The third-order valence-electron chi connectivity index (χ3n) is 5.65. The van der Waals surface area contributed by atoms with Crippen molar-refractivity contribution in [3.63, 3.8) is 0 Å². The molecule has 9 nitrogen and oxygen atoms in total. The number of carbonyl (C=O) groups is 2. The number of aromatic carboxylic acids is 1. The van der Waals surface area contributed by atoms with Crippen molar-refractivity contribution in [3.05, 3.63) is 107 Å². The molecule has 0 fully saturated rings. The number of carboxylic acid groups (broad SMARTS) is 1. The molecule has 188 valence electrons. The Morgan fingerprint density at radius 2 is 1.84 bits per heavy atom. The SMILES string of the molecule is O=C(/C=C/c1cc(Cl)ccc1-n1cnnn1)N[C@@H](CCc1ccccc1)CNc1ccc(C(=O)O)cc1. The van der Waals surface area contributed by atoms with E-state index in [1.54, 1.807) is 36.4 Å². The molecule has 0 aliphatic rings. The van der Waals surface area contributed by atoms with Crippen LogP contribution in [0.1, 0.15) is 27.9 Å². The lowest BCUT2D eigenvalue weighted by Gasteiger charge is -2.19. The van der Waals surface area contributed by atoms with Gasteiger partial charge in [-0.3, -0.25) is 4.79 Å². The van der Waals surface area contributed by atoms with Crippen LogP contribution in [0.15, 0.2) is 85.2 Å². The van der Waals surface area contributed by atoms with E-state index in [0.717, 1.165) is 12.1 Å². The zero-order valence-corrected chi connectivity index (χ0v) is 20.5. The van der Waals surface area contributed by atoms with Gasteiger partial charge in [0.25, 0.3) is 0 Å². The summed E-state index contributed by atoms with van der Waals surface area (Å²) in [5, 5.41) is 27.2. The second kappa shape index (κ2) is 12.5. The normalized spacial score (nSPS) is 11.8. The second-order valence-corrected chi connectivity index (χ2v) is 8.72. The first-order chi connectivity index (χ1) is 18.0. The van der Waals surface area contributed by atoms with Gasteiger partial charge in [-0.05, 0) is 77.4 Å². The molecule has 1 atom stereocenters. The predicted octanol–water partition coefficient (Wildman–Crippen LogP) is 4.26. The highest BCUT2D eigenvalue weighted by atomic mass is 35.5. The lowest BCUT2D eigenvalue weighted by atomic mass is 10.0. The number of nitrogens with one attached hydrogen (secondary N) is 2. The Morgan fingerprint density at radius 3 is 2.54 bits per heavy atom. The van der Waals surface area contributed by atoms with Gasteiger partial charge in [0.05, 0.1) is 11.3 Å². The van der Waals surface area contributed by atoms with Gasteiger partial charge in [-0.1, -0.05) is 41.9 Å². The van der Waals surface area contributed by atoms with E-state index < -0.39 is 5.97 Å². The third kappa shape index (κ3) is 7.49. The van der Waals surface area contributed by atoms with E-state index in [-0.39, 0.29) is 17.5 Å². The van der Waals surface area contributed by atoms with Crippen LogP contribution in [-0.2, 0) is 11.2 Å². The van der Waals surface area contributed by atoms with Crippen LogP contribution < -0.4 is 10.6 Å². The summed E-state index contributed by atoms with van der Waals surface area (Å²) in [7, 11) is 0. The third-order valence-corrected chi connectivity index (χ3v) is 5.89. The van der Waals surface area contributed by atoms with Crippen molar-refractivity contribution in [1.82, 2.24) is 25.5 Å². The molecule has 0 spiro atoms. The first-order valence-electron chi connectivity index (χ1n) is 11.6. The molecular weight excluding hydrogens is 492 g/mol. The molecule has 0 aliphatic carbocycles. The number of hydrogen-bond donors (Lipinski definition) is 3. The predicted molar refractivity (Wildman–Crippen MR) is 142 cm³/mol. The molecule has 1 heterocycles. The summed E-state index contributed by atoms with van der Waals surface area (Å²) >= 11 is 6.17. The van der Waals surface area contributed by atoms with Gasteiger partial charge in [-0.15, -0.1) is 5.10 Å². The summed E-state index contributed by atoms with van der Waals surface area (Å²) in [6.07, 6.45) is 6.08. The quantitative estimate of drug-likeness (QED) is 0.255. The molecule has 0 saturated carbocycles. The highest BCUT2D eigenvalue weighted by molar-refractivity contribution is 6.30. The van der Waals surface area contributed by atoms with E-state index in [1.165, 1.54) is 34.8 Å². The summed E-state index contributed by atoms with van der Waals surface area (Å²) in [5.74, 6) is -1.24. The largest absolute Gasteiger partial charge is 0.478 e. The van der Waals surface area contributed by atoms with Gasteiger partial charge in [-0.25, -0.2) is 4.79 Å². The molecule has 1 amide bonds. The number of carbonyl (C=O) groups excluding carboxylic acids is 1. The number of anilines is 1. The van der Waals surface area contributed by atoms with Crippen LogP contribution in [0.2, 0.25) is 5.02 Å². The highest BCUT2D eigenvalue weighted by Gasteiger charge is 2.13. The van der Waals surface area contributed by atoms with Crippen LogP contribution in [-0.4, -0.2) is 49.8 Å². The van der Waals surface area contributed by atoms with E-state index in [9.17, 15) is 9.59 Å². The van der Waals surface area contributed by atoms with Crippen LogP contribution in [0.3, 0.4) is 0 Å². The van der Waals surface area contributed by atoms with Crippen molar-refractivity contribution in [3.8, 4) is 5.69 Å². The Labute approximate surface area is 218 Å². The van der Waals surface area contributed by atoms with Crippen molar-refractivity contribution in [2.75, 3.05) is 11.9 Å². The molecule has 10 heteroatoms. The van der Waals surface area contributed by atoms with Gasteiger partial charge in [-0.2, -0.15) is 4.68 Å². The number of aryl methyl sites for hydroxylation is 1. The van der Waals surface area contributed by atoms with Crippen LogP contribution in [0.4, 0.5) is 5.69 Å². The Balaban J connectivity index is 1.44. The summed E-state index contributed by atoms with van der Waals surface area (Å²) < 4.78 is 1.50. The Morgan fingerprint density at radius 1 is 1.05 bits per heavy atom. The minimum absolute atomic E-state index is 0.185. The first-order valence-corrected chi connectivity index (χ1v) is 12.0. The van der Waals surface area contributed by atoms with Crippen molar-refractivity contribution >= 4 is 35.2 Å². The van der Waals surface area contributed by atoms with Gasteiger partial charge < -0.3 is 15.7 Å². The van der Waals surface area contributed by atoms with Gasteiger partial charge in [0.1, 0.15) is 6.33 Å². The van der Waals surface area contributed by atoms with E-state index in [0.29, 0.717) is 29.2 Å². The number of halogens is 1. The maximum atomic E-state index is 12.9. The number of rotatable bonds is 11. The maximum Gasteiger partial charge on any atom is 0.335 e. The van der Waals surface area contributed by atoms with Gasteiger partial charge >= 0.3 is 5.97 Å². The molecule has 3 N–H and O–H groups in total. The fourth-order valence-electron chi connectivity index (χ4n) is 3.74. The average Bonchev–Trinajstić information content (AvgIpc) is 3.45. The molecule has 0 aliphatic heterocycles. The minimum atomic E-state index is -0.978. The van der Waals surface area contributed by atoms with E-state index in [1.807, 2.05) is 18.2 Å². The average molecular weight is 517 g/mol. The molecule has 0 unspecified atom stereocenters. The topological polar surface area (TPSA) is 122 Å². The number of aromatic nitrogens is 4. The van der Waals surface area contributed by atoms with Gasteiger partial charge in [0.15, 0.2) is 0 Å². The molecule has 3 aromatic carbocycles. The molecule has 0 radical (unpaired) electrons. The second-order valence-electron chi connectivity index (χ2n) is 8.28. The minimum Gasteiger partial charge on any atom is -0.478 e. The molecule has 4 aromatic rings. The zero-order valence-electron chi connectivity index (χ0n) is 19.8. The Kier molecular flexibility index (Phi) is 8.62. The fourth-order valence-corrected chi connectivity index (χ4v) is 3.92. The molecule has 1 aromatic heterocycles. The van der Waals surface area contributed by atoms with Crippen molar-refractivity contribution in [1.29, 1.82) is 0 Å². The van der Waals surface area contributed by atoms with Crippen LogP contribution in [0.25, 0.3) is 11.8 Å².